The highest BCUT2D eigenvalue weighted by molar-refractivity contribution is 6.32. The van der Waals surface area contributed by atoms with Crippen molar-refractivity contribution in [3.8, 4) is 0 Å². The van der Waals surface area contributed by atoms with E-state index in [2.05, 4.69) is 20.0 Å². The summed E-state index contributed by atoms with van der Waals surface area (Å²) in [5.74, 6) is 0.657. The second-order valence-corrected chi connectivity index (χ2v) is 5.77. The van der Waals surface area contributed by atoms with E-state index in [4.69, 9.17) is 22.5 Å². The zero-order valence-electron chi connectivity index (χ0n) is 12.0. The number of nitrogens with two attached hydrogens (primary N) is 1. The number of H-pyrrole nitrogens is 1. The van der Waals surface area contributed by atoms with Gasteiger partial charge in [-0.05, 0) is 13.8 Å². The predicted octanol–water partition coefficient (Wildman–Crippen LogP) is 0.0703. The van der Waals surface area contributed by atoms with Crippen molar-refractivity contribution in [1.29, 1.82) is 0 Å². The van der Waals surface area contributed by atoms with E-state index in [-0.39, 0.29) is 16.4 Å². The number of aromatic nitrogens is 2. The highest BCUT2D eigenvalue weighted by Crippen LogP contribution is 2.23. The van der Waals surface area contributed by atoms with Crippen molar-refractivity contribution in [2.45, 2.75) is 19.4 Å². The summed E-state index contributed by atoms with van der Waals surface area (Å²) in [4.78, 5) is 22.1. The lowest BCUT2D eigenvalue weighted by atomic mass is 10.0. The maximum atomic E-state index is 11.5. The van der Waals surface area contributed by atoms with Crippen molar-refractivity contribution in [3.63, 3.8) is 0 Å². The van der Waals surface area contributed by atoms with Gasteiger partial charge in [0.2, 0.25) is 0 Å². The van der Waals surface area contributed by atoms with Gasteiger partial charge in [0, 0.05) is 26.2 Å². The molecule has 1 fully saturated rings. The minimum absolute atomic E-state index is 0.0987. The molecular formula is C12H19ClN6O2. The van der Waals surface area contributed by atoms with E-state index in [1.165, 1.54) is 6.33 Å². The summed E-state index contributed by atoms with van der Waals surface area (Å²) >= 11 is 5.99. The zero-order chi connectivity index (χ0) is 15.6. The van der Waals surface area contributed by atoms with Gasteiger partial charge in [0.1, 0.15) is 5.02 Å². The smallest absolute Gasteiger partial charge is 0.271 e. The molecule has 1 aromatic rings. The van der Waals surface area contributed by atoms with Crippen LogP contribution < -0.4 is 16.2 Å². The molecule has 1 aromatic heterocycles. The Balaban J connectivity index is 2.10. The van der Waals surface area contributed by atoms with E-state index in [0.29, 0.717) is 32.0 Å². The van der Waals surface area contributed by atoms with Crippen molar-refractivity contribution in [1.82, 2.24) is 14.9 Å². The molecule has 1 aliphatic rings. The summed E-state index contributed by atoms with van der Waals surface area (Å²) in [6.07, 6.45) is 1.34. The van der Waals surface area contributed by atoms with Crippen molar-refractivity contribution < 1.29 is 5.21 Å². The van der Waals surface area contributed by atoms with Crippen LogP contribution in [0.25, 0.3) is 0 Å². The van der Waals surface area contributed by atoms with Crippen LogP contribution in [0.5, 0.6) is 0 Å². The molecule has 21 heavy (non-hydrogen) atoms. The highest BCUT2D eigenvalue weighted by Gasteiger charge is 2.34. The third-order valence-electron chi connectivity index (χ3n) is 3.88. The Hall–Kier alpha value is -1.80. The summed E-state index contributed by atoms with van der Waals surface area (Å²) in [5, 5.41) is 12.1. The van der Waals surface area contributed by atoms with Gasteiger partial charge in [0.05, 0.1) is 11.9 Å². The fourth-order valence-corrected chi connectivity index (χ4v) is 2.58. The quantitative estimate of drug-likeness (QED) is 0.315. The Morgan fingerprint density at radius 1 is 1.48 bits per heavy atom. The maximum Gasteiger partial charge on any atom is 0.271 e. The number of nitrogens with one attached hydrogen (secondary N) is 1. The average molecular weight is 315 g/mol. The van der Waals surface area contributed by atoms with Gasteiger partial charge in [-0.25, -0.2) is 4.98 Å². The molecule has 1 saturated heterocycles. The van der Waals surface area contributed by atoms with Gasteiger partial charge in [-0.3, -0.25) is 9.69 Å². The van der Waals surface area contributed by atoms with Crippen LogP contribution >= 0.6 is 11.6 Å². The SMILES string of the molecule is CC(C)(C(N)=NO)N1CCN(c2nc[nH]c(=O)c2Cl)CC1. The molecular weight excluding hydrogens is 296 g/mol. The summed E-state index contributed by atoms with van der Waals surface area (Å²) in [7, 11) is 0. The van der Waals surface area contributed by atoms with Crippen LogP contribution in [-0.4, -0.2) is 57.6 Å². The summed E-state index contributed by atoms with van der Waals surface area (Å²) in [6, 6.07) is 0. The normalized spacial score (nSPS) is 18.0. The number of anilines is 1. The first-order valence-corrected chi connectivity index (χ1v) is 6.97. The van der Waals surface area contributed by atoms with Crippen LogP contribution in [0.2, 0.25) is 5.02 Å². The van der Waals surface area contributed by atoms with Gasteiger partial charge < -0.3 is 20.8 Å². The first kappa shape index (κ1) is 15.6. The Bertz CT molecular complexity index is 592. The van der Waals surface area contributed by atoms with Crippen molar-refractivity contribution >= 4 is 23.3 Å². The Kier molecular flexibility index (Phi) is 4.38. The number of piperazine rings is 1. The van der Waals surface area contributed by atoms with E-state index in [1.54, 1.807) is 0 Å². The first-order valence-electron chi connectivity index (χ1n) is 6.59. The van der Waals surface area contributed by atoms with E-state index in [0.717, 1.165) is 0 Å². The number of hydrogen-bond donors (Lipinski definition) is 3. The summed E-state index contributed by atoms with van der Waals surface area (Å²) < 4.78 is 0. The van der Waals surface area contributed by atoms with Gasteiger partial charge >= 0.3 is 0 Å². The molecule has 0 aromatic carbocycles. The minimum Gasteiger partial charge on any atom is -0.409 e. The molecule has 9 heteroatoms. The molecule has 0 spiro atoms. The first-order chi connectivity index (χ1) is 9.87. The summed E-state index contributed by atoms with van der Waals surface area (Å²) in [5.41, 5.74) is 4.86. The van der Waals surface area contributed by atoms with Gasteiger partial charge in [-0.2, -0.15) is 0 Å². The van der Waals surface area contributed by atoms with Gasteiger partial charge in [-0.1, -0.05) is 16.8 Å². The number of oxime groups is 1. The molecule has 8 nitrogen and oxygen atoms in total. The van der Waals surface area contributed by atoms with Crippen molar-refractivity contribution in [3.05, 3.63) is 21.7 Å². The Labute approximate surface area is 127 Å². The molecule has 0 saturated carbocycles. The van der Waals surface area contributed by atoms with Crippen LogP contribution in [0.15, 0.2) is 16.3 Å². The number of aromatic amines is 1. The molecule has 0 amide bonds. The standard InChI is InChI=1S/C12H19ClN6O2/c1-12(2,11(14)17-21)19-5-3-18(4-6-19)9-8(13)10(20)16-7-15-9/h7,21H,3-6H2,1-2H3,(H2,14,17)(H,15,16,20). The van der Waals surface area contributed by atoms with E-state index < -0.39 is 5.54 Å². The van der Waals surface area contributed by atoms with Crippen LogP contribution in [0, 0.1) is 0 Å². The molecule has 0 atom stereocenters. The van der Waals surface area contributed by atoms with Crippen LogP contribution in [0.3, 0.4) is 0 Å². The Morgan fingerprint density at radius 3 is 2.67 bits per heavy atom. The van der Waals surface area contributed by atoms with Gasteiger partial charge in [0.25, 0.3) is 5.56 Å². The number of rotatable bonds is 3. The van der Waals surface area contributed by atoms with Gasteiger partial charge in [-0.15, -0.1) is 0 Å². The van der Waals surface area contributed by atoms with Crippen molar-refractivity contribution in [2.24, 2.45) is 10.9 Å². The van der Waals surface area contributed by atoms with Crippen LogP contribution in [0.1, 0.15) is 13.8 Å². The molecule has 0 unspecified atom stereocenters. The number of hydrogen-bond acceptors (Lipinski definition) is 6. The molecule has 0 radical (unpaired) electrons. The maximum absolute atomic E-state index is 11.5. The van der Waals surface area contributed by atoms with Crippen LogP contribution in [-0.2, 0) is 0 Å². The monoisotopic (exact) mass is 314 g/mol. The number of halogens is 1. The second kappa shape index (κ2) is 5.90. The minimum atomic E-state index is -0.535. The number of amidine groups is 1. The predicted molar refractivity (Wildman–Crippen MR) is 81.1 cm³/mol. The summed E-state index contributed by atoms with van der Waals surface area (Å²) in [6.45, 7) is 6.48. The lowest BCUT2D eigenvalue weighted by Gasteiger charge is -2.43. The lowest BCUT2D eigenvalue weighted by molar-refractivity contribution is 0.161. The highest BCUT2D eigenvalue weighted by atomic mass is 35.5. The van der Waals surface area contributed by atoms with E-state index in [1.807, 2.05) is 18.7 Å². The fraction of sp³-hybridized carbons (Fsp3) is 0.583. The van der Waals surface area contributed by atoms with E-state index >= 15 is 0 Å². The average Bonchev–Trinajstić information content (AvgIpc) is 2.49. The molecule has 2 rings (SSSR count). The number of nitrogens with zero attached hydrogens (tertiary/aromatic N) is 4. The molecule has 4 N–H and O–H groups in total. The van der Waals surface area contributed by atoms with E-state index in [9.17, 15) is 4.79 Å². The third-order valence-corrected chi connectivity index (χ3v) is 4.22. The molecule has 0 bridgehead atoms. The molecule has 0 aliphatic carbocycles. The molecule has 116 valence electrons. The van der Waals surface area contributed by atoms with Crippen molar-refractivity contribution in [2.75, 3.05) is 31.1 Å². The third kappa shape index (κ3) is 2.96. The fourth-order valence-electron chi connectivity index (χ4n) is 2.36. The second-order valence-electron chi connectivity index (χ2n) is 5.39. The topological polar surface area (TPSA) is 111 Å². The lowest BCUT2D eigenvalue weighted by Crippen LogP contribution is -2.60. The van der Waals surface area contributed by atoms with Crippen LogP contribution in [0.4, 0.5) is 5.82 Å². The molecule has 2 heterocycles. The molecule has 1 aliphatic heterocycles. The Morgan fingerprint density at radius 2 is 2.10 bits per heavy atom. The zero-order valence-corrected chi connectivity index (χ0v) is 12.8. The van der Waals surface area contributed by atoms with Gasteiger partial charge in [0.15, 0.2) is 11.7 Å². The largest absolute Gasteiger partial charge is 0.409 e.